The maximum atomic E-state index is 12.1. The molecule has 1 aliphatic rings. The molecule has 0 aromatic heterocycles. The first-order valence-electron chi connectivity index (χ1n) is 8.42. The van der Waals surface area contributed by atoms with Gasteiger partial charge in [0, 0.05) is 31.4 Å². The van der Waals surface area contributed by atoms with Crippen LogP contribution in [0.3, 0.4) is 0 Å². The van der Waals surface area contributed by atoms with Crippen LogP contribution in [0.1, 0.15) is 13.8 Å². The Bertz CT molecular complexity index is 565. The van der Waals surface area contributed by atoms with E-state index in [2.05, 4.69) is 16.0 Å². The van der Waals surface area contributed by atoms with E-state index in [0.29, 0.717) is 42.2 Å². The van der Waals surface area contributed by atoms with E-state index < -0.39 is 12.2 Å². The van der Waals surface area contributed by atoms with E-state index in [9.17, 15) is 9.90 Å². The number of amides is 1. The molecule has 1 fully saturated rings. The van der Waals surface area contributed by atoms with E-state index in [1.54, 1.807) is 18.2 Å². The molecule has 0 radical (unpaired) electrons. The summed E-state index contributed by atoms with van der Waals surface area (Å²) in [5.74, 6) is 0.242. The lowest BCUT2D eigenvalue weighted by Gasteiger charge is -2.22. The SMILES string of the molecule is CC(C)NCC(O)COc1ccc(NC(=O)C2CNCCO2)cc1Cl. The summed E-state index contributed by atoms with van der Waals surface area (Å²) >= 11 is 6.19. The van der Waals surface area contributed by atoms with Crippen LogP contribution in [0.2, 0.25) is 5.02 Å². The standard InChI is InChI=1S/C17H26ClN3O4/c1-11(2)20-8-13(22)10-25-15-4-3-12(7-14(15)18)21-17(23)16-9-19-5-6-24-16/h3-4,7,11,13,16,19-20,22H,5-6,8-10H2,1-2H3,(H,21,23). The van der Waals surface area contributed by atoms with Gasteiger partial charge in [-0.05, 0) is 18.2 Å². The third-order valence-corrected chi connectivity index (χ3v) is 3.91. The first kappa shape index (κ1) is 19.9. The Hall–Kier alpha value is -1.38. The molecule has 0 aliphatic carbocycles. The van der Waals surface area contributed by atoms with Crippen molar-refractivity contribution in [2.24, 2.45) is 0 Å². The van der Waals surface area contributed by atoms with Gasteiger partial charge in [0.25, 0.3) is 5.91 Å². The molecule has 1 aromatic carbocycles. The number of morpholine rings is 1. The molecule has 140 valence electrons. The summed E-state index contributed by atoms with van der Waals surface area (Å²) in [4.78, 5) is 12.1. The fraction of sp³-hybridized carbons (Fsp3) is 0.588. The quantitative estimate of drug-likeness (QED) is 0.545. The third-order valence-electron chi connectivity index (χ3n) is 3.61. The van der Waals surface area contributed by atoms with E-state index in [1.807, 2.05) is 13.8 Å². The largest absolute Gasteiger partial charge is 0.489 e. The number of carbonyl (C=O) groups is 1. The molecule has 7 nitrogen and oxygen atoms in total. The zero-order chi connectivity index (χ0) is 18.2. The minimum atomic E-state index is -0.631. The number of nitrogens with one attached hydrogen (secondary N) is 3. The van der Waals surface area contributed by atoms with Crippen molar-refractivity contribution >= 4 is 23.2 Å². The van der Waals surface area contributed by atoms with Gasteiger partial charge in [0.15, 0.2) is 0 Å². The van der Waals surface area contributed by atoms with E-state index >= 15 is 0 Å². The summed E-state index contributed by atoms with van der Waals surface area (Å²) in [6.07, 6.45) is -1.14. The van der Waals surface area contributed by atoms with Crippen LogP contribution in [0.4, 0.5) is 5.69 Å². The molecule has 2 rings (SSSR count). The van der Waals surface area contributed by atoms with Crippen molar-refractivity contribution in [3.8, 4) is 5.75 Å². The number of hydrogen-bond acceptors (Lipinski definition) is 6. The van der Waals surface area contributed by atoms with Crippen molar-refractivity contribution in [1.82, 2.24) is 10.6 Å². The zero-order valence-corrected chi connectivity index (χ0v) is 15.3. The van der Waals surface area contributed by atoms with Crippen LogP contribution in [0.25, 0.3) is 0 Å². The first-order valence-corrected chi connectivity index (χ1v) is 8.80. The third kappa shape index (κ3) is 6.80. The van der Waals surface area contributed by atoms with Gasteiger partial charge in [0.2, 0.25) is 0 Å². The first-order chi connectivity index (χ1) is 12.0. The minimum absolute atomic E-state index is 0.132. The molecule has 1 aromatic rings. The van der Waals surface area contributed by atoms with Crippen LogP contribution in [-0.2, 0) is 9.53 Å². The highest BCUT2D eigenvalue weighted by Crippen LogP contribution is 2.28. The molecule has 1 heterocycles. The Balaban J connectivity index is 1.84. The summed E-state index contributed by atoms with van der Waals surface area (Å²) in [7, 11) is 0. The van der Waals surface area contributed by atoms with Gasteiger partial charge in [-0.15, -0.1) is 0 Å². The Morgan fingerprint density at radius 3 is 2.96 bits per heavy atom. The highest BCUT2D eigenvalue weighted by atomic mass is 35.5. The molecule has 0 bridgehead atoms. The minimum Gasteiger partial charge on any atom is -0.489 e. The highest BCUT2D eigenvalue weighted by molar-refractivity contribution is 6.32. The average molecular weight is 372 g/mol. The van der Waals surface area contributed by atoms with Crippen LogP contribution in [-0.4, -0.2) is 62.1 Å². The number of aliphatic hydroxyl groups excluding tert-OH is 1. The average Bonchev–Trinajstić information content (AvgIpc) is 2.60. The van der Waals surface area contributed by atoms with E-state index in [1.165, 1.54) is 0 Å². The van der Waals surface area contributed by atoms with Crippen LogP contribution >= 0.6 is 11.6 Å². The molecule has 4 N–H and O–H groups in total. The van der Waals surface area contributed by atoms with Gasteiger partial charge in [-0.25, -0.2) is 0 Å². The summed E-state index contributed by atoms with van der Waals surface area (Å²) in [6.45, 7) is 6.34. The van der Waals surface area contributed by atoms with Crippen LogP contribution in [0, 0.1) is 0 Å². The van der Waals surface area contributed by atoms with E-state index in [0.717, 1.165) is 6.54 Å². The predicted molar refractivity (Wildman–Crippen MR) is 97.3 cm³/mol. The van der Waals surface area contributed by atoms with Crippen molar-refractivity contribution in [3.63, 3.8) is 0 Å². The number of rotatable bonds is 8. The fourth-order valence-corrected chi connectivity index (χ4v) is 2.50. The lowest BCUT2D eigenvalue weighted by molar-refractivity contribution is -0.128. The smallest absolute Gasteiger partial charge is 0.254 e. The fourth-order valence-electron chi connectivity index (χ4n) is 2.27. The van der Waals surface area contributed by atoms with Crippen LogP contribution in [0.15, 0.2) is 18.2 Å². The molecular weight excluding hydrogens is 346 g/mol. The molecule has 1 amide bonds. The number of anilines is 1. The molecule has 25 heavy (non-hydrogen) atoms. The molecule has 8 heteroatoms. The van der Waals surface area contributed by atoms with Gasteiger partial charge >= 0.3 is 0 Å². The number of carbonyl (C=O) groups excluding carboxylic acids is 1. The number of aliphatic hydroxyl groups is 1. The Labute approximate surface area is 153 Å². The highest BCUT2D eigenvalue weighted by Gasteiger charge is 2.22. The van der Waals surface area contributed by atoms with Gasteiger partial charge in [0.1, 0.15) is 24.6 Å². The number of hydrogen-bond donors (Lipinski definition) is 4. The Kier molecular flexibility index (Phi) is 7.92. The van der Waals surface area contributed by atoms with Gasteiger partial charge in [0.05, 0.1) is 11.6 Å². The molecule has 1 saturated heterocycles. The molecule has 2 atom stereocenters. The van der Waals surface area contributed by atoms with Crippen molar-refractivity contribution < 1.29 is 19.4 Å². The normalized spacial score (nSPS) is 18.8. The second-order valence-corrected chi connectivity index (χ2v) is 6.63. The molecular formula is C17H26ClN3O4. The van der Waals surface area contributed by atoms with Gasteiger partial charge in [-0.2, -0.15) is 0 Å². The zero-order valence-electron chi connectivity index (χ0n) is 14.5. The van der Waals surface area contributed by atoms with E-state index in [-0.39, 0.29) is 12.5 Å². The van der Waals surface area contributed by atoms with Crippen molar-refractivity contribution in [1.29, 1.82) is 0 Å². The lowest BCUT2D eigenvalue weighted by atomic mass is 10.2. The van der Waals surface area contributed by atoms with E-state index in [4.69, 9.17) is 21.1 Å². The maximum absolute atomic E-state index is 12.1. The summed E-state index contributed by atoms with van der Waals surface area (Å²) < 4.78 is 10.9. The lowest BCUT2D eigenvalue weighted by Crippen LogP contribution is -2.45. The number of halogens is 1. The Morgan fingerprint density at radius 1 is 1.52 bits per heavy atom. The number of ether oxygens (including phenoxy) is 2. The second kappa shape index (κ2) is 9.94. The van der Waals surface area contributed by atoms with Crippen LogP contribution < -0.4 is 20.7 Å². The van der Waals surface area contributed by atoms with Crippen molar-refractivity contribution in [2.75, 3.05) is 38.2 Å². The predicted octanol–water partition coefficient (Wildman–Crippen LogP) is 1.00. The summed E-state index contributed by atoms with van der Waals surface area (Å²) in [5.41, 5.74) is 0.568. The van der Waals surface area contributed by atoms with Gasteiger partial charge in [-0.1, -0.05) is 25.4 Å². The maximum Gasteiger partial charge on any atom is 0.254 e. The molecule has 2 unspecified atom stereocenters. The molecule has 0 spiro atoms. The second-order valence-electron chi connectivity index (χ2n) is 6.23. The topological polar surface area (TPSA) is 91.9 Å². The van der Waals surface area contributed by atoms with Gasteiger partial charge < -0.3 is 30.5 Å². The molecule has 0 saturated carbocycles. The number of benzene rings is 1. The summed E-state index contributed by atoms with van der Waals surface area (Å²) in [6, 6.07) is 5.28. The van der Waals surface area contributed by atoms with Crippen molar-refractivity contribution in [2.45, 2.75) is 32.1 Å². The molecule has 1 aliphatic heterocycles. The van der Waals surface area contributed by atoms with Crippen LogP contribution in [0.5, 0.6) is 5.75 Å². The summed E-state index contributed by atoms with van der Waals surface area (Å²) in [5, 5.41) is 19.2. The monoisotopic (exact) mass is 371 g/mol. The Morgan fingerprint density at radius 2 is 2.32 bits per heavy atom. The van der Waals surface area contributed by atoms with Crippen molar-refractivity contribution in [3.05, 3.63) is 23.2 Å². The van der Waals surface area contributed by atoms with Gasteiger partial charge in [-0.3, -0.25) is 4.79 Å².